The first-order valence-corrected chi connectivity index (χ1v) is 9.78. The molecular formula is C22H22N4O3. The first-order valence-electron chi connectivity index (χ1n) is 9.78. The molecule has 0 spiro atoms. The van der Waals surface area contributed by atoms with Crippen molar-refractivity contribution in [3.8, 4) is 5.69 Å². The summed E-state index contributed by atoms with van der Waals surface area (Å²) < 4.78 is 1.24. The molecule has 3 aromatic rings. The lowest BCUT2D eigenvalue weighted by molar-refractivity contribution is -0.129. The van der Waals surface area contributed by atoms with Gasteiger partial charge in [0.1, 0.15) is 0 Å². The Morgan fingerprint density at radius 3 is 2.31 bits per heavy atom. The summed E-state index contributed by atoms with van der Waals surface area (Å²) >= 11 is 0. The molecule has 4 rings (SSSR count). The third kappa shape index (κ3) is 3.89. The van der Waals surface area contributed by atoms with E-state index in [1.807, 2.05) is 23.1 Å². The normalized spacial score (nSPS) is 13.6. The molecule has 0 radical (unpaired) electrons. The number of aromatic nitrogens is 2. The number of hydrogen-bond donors (Lipinski definition) is 1. The van der Waals surface area contributed by atoms with E-state index >= 15 is 0 Å². The minimum Gasteiger partial charge on any atom is -0.350 e. The van der Waals surface area contributed by atoms with Gasteiger partial charge in [0.25, 0.3) is 11.5 Å². The molecule has 1 aromatic heterocycles. The largest absolute Gasteiger partial charge is 0.350 e. The van der Waals surface area contributed by atoms with Gasteiger partial charge < -0.3 is 10.2 Å². The fourth-order valence-corrected chi connectivity index (χ4v) is 3.59. The second kappa shape index (κ2) is 8.26. The van der Waals surface area contributed by atoms with Gasteiger partial charge in [-0.2, -0.15) is 9.78 Å². The molecule has 1 saturated heterocycles. The van der Waals surface area contributed by atoms with Gasteiger partial charge >= 0.3 is 0 Å². The molecule has 2 heterocycles. The van der Waals surface area contributed by atoms with E-state index in [0.717, 1.165) is 25.9 Å². The number of para-hydroxylation sites is 1. The van der Waals surface area contributed by atoms with Gasteiger partial charge in [0.15, 0.2) is 5.69 Å². The molecule has 1 aliphatic rings. The van der Waals surface area contributed by atoms with Crippen molar-refractivity contribution in [3.05, 3.63) is 70.6 Å². The van der Waals surface area contributed by atoms with Gasteiger partial charge in [-0.1, -0.05) is 36.4 Å². The third-order valence-electron chi connectivity index (χ3n) is 5.10. The highest BCUT2D eigenvalue weighted by atomic mass is 16.2. The van der Waals surface area contributed by atoms with Crippen LogP contribution in [-0.4, -0.2) is 46.1 Å². The molecule has 0 atom stereocenters. The van der Waals surface area contributed by atoms with Crippen molar-refractivity contribution in [2.75, 3.05) is 19.6 Å². The quantitative estimate of drug-likeness (QED) is 0.723. The van der Waals surface area contributed by atoms with E-state index in [1.54, 1.807) is 36.4 Å². The number of nitrogens with zero attached hydrogens (tertiary/aromatic N) is 3. The maximum atomic E-state index is 12.9. The molecule has 1 fully saturated rings. The number of rotatable bonds is 5. The standard InChI is InChI=1S/C22H22N4O3/c27-19(25-14-6-7-15-25)12-13-23-21(28)20-17-10-4-5-11-18(17)22(29)26(24-20)16-8-2-1-3-9-16/h1-5,8-11H,6-7,12-15H2,(H,23,28). The average molecular weight is 390 g/mol. The summed E-state index contributed by atoms with van der Waals surface area (Å²) in [7, 11) is 0. The van der Waals surface area contributed by atoms with Crippen LogP contribution in [0.5, 0.6) is 0 Å². The van der Waals surface area contributed by atoms with Crippen molar-refractivity contribution in [2.24, 2.45) is 0 Å². The van der Waals surface area contributed by atoms with Gasteiger partial charge in [-0.3, -0.25) is 14.4 Å². The van der Waals surface area contributed by atoms with Crippen molar-refractivity contribution in [1.29, 1.82) is 0 Å². The summed E-state index contributed by atoms with van der Waals surface area (Å²) in [4.78, 5) is 39.7. The summed E-state index contributed by atoms with van der Waals surface area (Å²) in [6, 6.07) is 15.9. The van der Waals surface area contributed by atoms with Crippen LogP contribution in [0.3, 0.4) is 0 Å². The Bertz CT molecular complexity index is 1100. The molecule has 148 valence electrons. The van der Waals surface area contributed by atoms with Crippen LogP contribution in [0.4, 0.5) is 0 Å². The molecule has 29 heavy (non-hydrogen) atoms. The molecular weight excluding hydrogens is 368 g/mol. The van der Waals surface area contributed by atoms with Crippen LogP contribution < -0.4 is 10.9 Å². The van der Waals surface area contributed by atoms with E-state index in [9.17, 15) is 14.4 Å². The zero-order valence-electron chi connectivity index (χ0n) is 16.0. The lowest BCUT2D eigenvalue weighted by Gasteiger charge is -2.15. The first-order chi connectivity index (χ1) is 14.1. The predicted molar refractivity (Wildman–Crippen MR) is 110 cm³/mol. The SMILES string of the molecule is O=C(NCCC(=O)N1CCCC1)c1nn(-c2ccccc2)c(=O)c2ccccc12. The van der Waals surface area contributed by atoms with Crippen LogP contribution in [0.15, 0.2) is 59.4 Å². The Labute approximate surface area is 167 Å². The van der Waals surface area contributed by atoms with Crippen LogP contribution in [0.2, 0.25) is 0 Å². The highest BCUT2D eigenvalue weighted by molar-refractivity contribution is 6.04. The highest BCUT2D eigenvalue weighted by Crippen LogP contribution is 2.15. The highest BCUT2D eigenvalue weighted by Gasteiger charge is 2.20. The van der Waals surface area contributed by atoms with Crippen LogP contribution in [0.25, 0.3) is 16.5 Å². The summed E-state index contributed by atoms with van der Waals surface area (Å²) in [6.07, 6.45) is 2.33. The molecule has 0 saturated carbocycles. The van der Waals surface area contributed by atoms with Crippen molar-refractivity contribution in [1.82, 2.24) is 20.0 Å². The number of carbonyl (C=O) groups is 2. The Balaban J connectivity index is 1.60. The van der Waals surface area contributed by atoms with Crippen molar-refractivity contribution in [2.45, 2.75) is 19.3 Å². The smallest absolute Gasteiger partial charge is 0.279 e. The lowest BCUT2D eigenvalue weighted by Crippen LogP contribution is -2.34. The van der Waals surface area contributed by atoms with Crippen LogP contribution in [0, 0.1) is 0 Å². The number of carbonyl (C=O) groups excluding carboxylic acids is 2. The van der Waals surface area contributed by atoms with Gasteiger partial charge in [0.2, 0.25) is 5.91 Å². The molecule has 2 aromatic carbocycles. The molecule has 0 unspecified atom stereocenters. The summed E-state index contributed by atoms with van der Waals surface area (Å²) in [5, 5.41) is 8.04. The van der Waals surface area contributed by atoms with E-state index < -0.39 is 5.91 Å². The van der Waals surface area contributed by atoms with Crippen molar-refractivity contribution in [3.63, 3.8) is 0 Å². The second-order valence-electron chi connectivity index (χ2n) is 7.04. The first kappa shape index (κ1) is 18.9. The number of benzene rings is 2. The second-order valence-corrected chi connectivity index (χ2v) is 7.04. The van der Waals surface area contributed by atoms with Gasteiger partial charge in [0, 0.05) is 31.4 Å². The predicted octanol–water partition coefficient (Wildman–Crippen LogP) is 2.13. The van der Waals surface area contributed by atoms with Crippen molar-refractivity contribution >= 4 is 22.6 Å². The van der Waals surface area contributed by atoms with E-state index in [1.165, 1.54) is 4.68 Å². The zero-order valence-corrected chi connectivity index (χ0v) is 16.0. The van der Waals surface area contributed by atoms with Gasteiger partial charge in [-0.15, -0.1) is 0 Å². The summed E-state index contributed by atoms with van der Waals surface area (Å²) in [5.74, 6) is -0.352. The number of likely N-dealkylation sites (tertiary alicyclic amines) is 1. The molecule has 1 aliphatic heterocycles. The minimum atomic E-state index is -0.403. The van der Waals surface area contributed by atoms with E-state index in [2.05, 4.69) is 10.4 Å². The maximum Gasteiger partial charge on any atom is 0.279 e. The monoisotopic (exact) mass is 390 g/mol. The van der Waals surface area contributed by atoms with Crippen LogP contribution in [0.1, 0.15) is 29.8 Å². The number of amides is 2. The number of nitrogens with one attached hydrogen (secondary N) is 1. The van der Waals surface area contributed by atoms with Crippen LogP contribution in [-0.2, 0) is 4.79 Å². The Morgan fingerprint density at radius 1 is 0.931 bits per heavy atom. The van der Waals surface area contributed by atoms with Gasteiger partial charge in [0.05, 0.1) is 11.1 Å². The molecule has 1 N–H and O–H groups in total. The van der Waals surface area contributed by atoms with Crippen LogP contribution >= 0.6 is 0 Å². The maximum absolute atomic E-state index is 12.9. The lowest BCUT2D eigenvalue weighted by atomic mass is 10.1. The fourth-order valence-electron chi connectivity index (χ4n) is 3.59. The van der Waals surface area contributed by atoms with Gasteiger partial charge in [-0.05, 0) is 31.0 Å². The Kier molecular flexibility index (Phi) is 5.37. The summed E-state index contributed by atoms with van der Waals surface area (Å²) in [6.45, 7) is 1.82. The third-order valence-corrected chi connectivity index (χ3v) is 5.10. The molecule has 2 amide bonds. The molecule has 0 bridgehead atoms. The van der Waals surface area contributed by atoms with E-state index in [-0.39, 0.29) is 30.1 Å². The number of fused-ring (bicyclic) bond motifs is 1. The van der Waals surface area contributed by atoms with E-state index in [0.29, 0.717) is 16.5 Å². The van der Waals surface area contributed by atoms with E-state index in [4.69, 9.17) is 0 Å². The molecule has 7 nitrogen and oxygen atoms in total. The fraction of sp³-hybridized carbons (Fsp3) is 0.273. The van der Waals surface area contributed by atoms with Crippen molar-refractivity contribution < 1.29 is 9.59 Å². The Hall–Kier alpha value is -3.48. The topological polar surface area (TPSA) is 84.3 Å². The minimum absolute atomic E-state index is 0.0508. The zero-order chi connectivity index (χ0) is 20.2. The molecule has 7 heteroatoms. The average Bonchev–Trinajstić information content (AvgIpc) is 3.30. The molecule has 0 aliphatic carbocycles. The van der Waals surface area contributed by atoms with Gasteiger partial charge in [-0.25, -0.2) is 0 Å². The Morgan fingerprint density at radius 2 is 1.59 bits per heavy atom. The summed E-state index contributed by atoms with van der Waals surface area (Å²) in [5.41, 5.74) is 0.465. The number of hydrogen-bond acceptors (Lipinski definition) is 4.